The number of aryl methyl sites for hydroxylation is 2. The molecule has 0 saturated heterocycles. The van der Waals surface area contributed by atoms with Gasteiger partial charge in [-0.1, -0.05) is 23.7 Å². The number of hydrogen-bond donors (Lipinski definition) is 1. The van der Waals surface area contributed by atoms with E-state index in [9.17, 15) is 4.79 Å². The summed E-state index contributed by atoms with van der Waals surface area (Å²) < 4.78 is 1.72. The molecule has 3 aromatic rings. The van der Waals surface area contributed by atoms with Crippen LogP contribution >= 0.6 is 11.6 Å². The third-order valence-corrected chi connectivity index (χ3v) is 3.96. The number of amides is 1. The summed E-state index contributed by atoms with van der Waals surface area (Å²) in [5.74, 6) is 0.124. The molecule has 0 aliphatic carbocycles. The van der Waals surface area contributed by atoms with Crippen molar-refractivity contribution in [1.29, 1.82) is 0 Å². The van der Waals surface area contributed by atoms with Gasteiger partial charge in [-0.3, -0.25) is 9.48 Å². The number of rotatable bonds is 4. The zero-order chi connectivity index (χ0) is 17.3. The number of anilines is 1. The molecule has 2 heterocycles. The van der Waals surface area contributed by atoms with Gasteiger partial charge in [0.2, 0.25) is 11.7 Å². The van der Waals surface area contributed by atoms with Crippen molar-refractivity contribution >= 4 is 23.2 Å². The van der Waals surface area contributed by atoms with Crippen LogP contribution in [-0.4, -0.2) is 35.9 Å². The molecule has 1 N–H and O–H groups in total. The highest BCUT2D eigenvalue weighted by atomic mass is 35.5. The van der Waals surface area contributed by atoms with Crippen molar-refractivity contribution in [3.05, 3.63) is 40.7 Å². The van der Waals surface area contributed by atoms with Gasteiger partial charge < -0.3 is 5.32 Å². The molecule has 0 bridgehead atoms. The molecule has 8 nitrogen and oxygen atoms in total. The van der Waals surface area contributed by atoms with E-state index in [1.54, 1.807) is 16.8 Å². The maximum absolute atomic E-state index is 12.2. The minimum absolute atomic E-state index is 0.0504. The van der Waals surface area contributed by atoms with E-state index < -0.39 is 0 Å². The van der Waals surface area contributed by atoms with Crippen LogP contribution in [0.1, 0.15) is 11.4 Å². The van der Waals surface area contributed by atoms with E-state index in [2.05, 4.69) is 25.8 Å². The summed E-state index contributed by atoms with van der Waals surface area (Å²) in [5, 5.41) is 19.7. The predicted molar refractivity (Wildman–Crippen MR) is 89.6 cm³/mol. The number of benzene rings is 1. The van der Waals surface area contributed by atoms with E-state index in [4.69, 9.17) is 11.6 Å². The van der Waals surface area contributed by atoms with Crippen molar-refractivity contribution in [2.75, 3.05) is 5.32 Å². The van der Waals surface area contributed by atoms with Gasteiger partial charge in [0.15, 0.2) is 0 Å². The molecule has 124 valence electrons. The molecule has 0 aliphatic rings. The van der Waals surface area contributed by atoms with Gasteiger partial charge >= 0.3 is 0 Å². The van der Waals surface area contributed by atoms with Crippen LogP contribution in [0.4, 0.5) is 5.69 Å². The summed E-state index contributed by atoms with van der Waals surface area (Å²) in [5.41, 5.74) is 3.01. The van der Waals surface area contributed by atoms with Gasteiger partial charge in [0.05, 0.1) is 22.1 Å². The fourth-order valence-electron chi connectivity index (χ4n) is 2.32. The molecular formula is C15H16ClN7O. The minimum Gasteiger partial charge on any atom is -0.321 e. The quantitative estimate of drug-likeness (QED) is 0.780. The number of carbonyl (C=O) groups is 1. The van der Waals surface area contributed by atoms with Crippen LogP contribution in [0.5, 0.6) is 0 Å². The molecule has 24 heavy (non-hydrogen) atoms. The van der Waals surface area contributed by atoms with E-state index in [1.807, 2.05) is 33.0 Å². The molecule has 0 fully saturated rings. The smallest absolute Gasteiger partial charge is 0.248 e. The Balaban J connectivity index is 1.73. The minimum atomic E-state index is -0.252. The number of aromatic nitrogens is 6. The van der Waals surface area contributed by atoms with Crippen molar-refractivity contribution in [2.24, 2.45) is 7.05 Å². The van der Waals surface area contributed by atoms with E-state index in [0.29, 0.717) is 22.1 Å². The van der Waals surface area contributed by atoms with Crippen molar-refractivity contribution in [2.45, 2.75) is 20.4 Å². The van der Waals surface area contributed by atoms with Crippen molar-refractivity contribution in [1.82, 2.24) is 30.0 Å². The lowest BCUT2D eigenvalue weighted by atomic mass is 10.2. The summed E-state index contributed by atoms with van der Waals surface area (Å²) in [6.45, 7) is 3.68. The molecule has 0 atom stereocenters. The molecule has 9 heteroatoms. The highest BCUT2D eigenvalue weighted by Crippen LogP contribution is 2.23. The third-order valence-electron chi connectivity index (χ3n) is 3.63. The molecule has 0 saturated carbocycles. The number of tetrazole rings is 1. The number of nitrogens with one attached hydrogen (secondary N) is 1. The van der Waals surface area contributed by atoms with E-state index in [-0.39, 0.29) is 12.5 Å². The first kappa shape index (κ1) is 16.1. The molecular weight excluding hydrogens is 330 g/mol. The number of carbonyl (C=O) groups excluding carboxylic acids is 1. The molecule has 1 aromatic carbocycles. The summed E-state index contributed by atoms with van der Waals surface area (Å²) >= 11 is 6.11. The van der Waals surface area contributed by atoms with Crippen LogP contribution in [0.15, 0.2) is 24.3 Å². The number of nitrogens with zero attached hydrogens (tertiary/aromatic N) is 6. The maximum Gasteiger partial charge on any atom is 0.248 e. The van der Waals surface area contributed by atoms with Crippen molar-refractivity contribution in [3.63, 3.8) is 0 Å². The maximum atomic E-state index is 12.2. The summed E-state index contributed by atoms with van der Waals surface area (Å²) in [6, 6.07) is 7.20. The second-order valence-electron chi connectivity index (χ2n) is 5.34. The molecule has 0 spiro atoms. The topological polar surface area (TPSA) is 90.5 Å². The third kappa shape index (κ3) is 3.13. The van der Waals surface area contributed by atoms with Crippen molar-refractivity contribution in [3.8, 4) is 11.4 Å². The van der Waals surface area contributed by atoms with Crippen LogP contribution in [-0.2, 0) is 18.4 Å². The zero-order valence-electron chi connectivity index (χ0n) is 13.5. The van der Waals surface area contributed by atoms with Crippen LogP contribution in [0.3, 0.4) is 0 Å². The second kappa shape index (κ2) is 6.40. The molecule has 0 aliphatic heterocycles. The molecule has 3 rings (SSSR count). The summed E-state index contributed by atoms with van der Waals surface area (Å²) in [7, 11) is 1.83. The van der Waals surface area contributed by atoms with E-state index >= 15 is 0 Å². The Bertz CT molecular complexity index is 899. The SMILES string of the molecule is Cc1nn(C)c(C)c1NC(=O)Cn1nnc(-c2ccccc2Cl)n1. The average Bonchev–Trinajstić information content (AvgIpc) is 3.08. The largest absolute Gasteiger partial charge is 0.321 e. The molecule has 0 radical (unpaired) electrons. The molecule has 0 unspecified atom stereocenters. The number of hydrogen-bond acceptors (Lipinski definition) is 5. The standard InChI is InChI=1S/C15H16ClN7O/c1-9-14(10(2)22(3)19-9)17-13(24)8-23-20-15(18-21-23)11-6-4-5-7-12(11)16/h4-7H,8H2,1-3H3,(H,17,24). The van der Waals surface area contributed by atoms with Crippen molar-refractivity contribution < 1.29 is 4.79 Å². The lowest BCUT2D eigenvalue weighted by Gasteiger charge is -2.04. The highest BCUT2D eigenvalue weighted by molar-refractivity contribution is 6.33. The Morgan fingerprint density at radius 3 is 2.67 bits per heavy atom. The molecule has 2 aromatic heterocycles. The fourth-order valence-corrected chi connectivity index (χ4v) is 2.54. The Labute approximate surface area is 143 Å². The Kier molecular flexibility index (Phi) is 4.30. The van der Waals surface area contributed by atoms with Gasteiger partial charge in [0.1, 0.15) is 6.54 Å². The lowest BCUT2D eigenvalue weighted by molar-refractivity contribution is -0.117. The number of halogens is 1. The Morgan fingerprint density at radius 1 is 1.25 bits per heavy atom. The van der Waals surface area contributed by atoms with Crippen LogP contribution in [0, 0.1) is 13.8 Å². The van der Waals surface area contributed by atoms with Crippen LogP contribution in [0.2, 0.25) is 5.02 Å². The second-order valence-corrected chi connectivity index (χ2v) is 5.75. The summed E-state index contributed by atoms with van der Waals surface area (Å²) in [6.07, 6.45) is 0. The zero-order valence-corrected chi connectivity index (χ0v) is 14.2. The van der Waals surface area contributed by atoms with Gasteiger partial charge in [0, 0.05) is 12.6 Å². The summed E-state index contributed by atoms with van der Waals surface area (Å²) in [4.78, 5) is 13.4. The van der Waals surface area contributed by atoms with Crippen LogP contribution in [0.25, 0.3) is 11.4 Å². The van der Waals surface area contributed by atoms with Gasteiger partial charge in [-0.05, 0) is 31.2 Å². The van der Waals surface area contributed by atoms with Gasteiger partial charge in [0.25, 0.3) is 0 Å². The Morgan fingerprint density at radius 2 is 2.00 bits per heavy atom. The normalized spacial score (nSPS) is 10.8. The van der Waals surface area contributed by atoms with Gasteiger partial charge in [-0.2, -0.15) is 9.90 Å². The first-order valence-corrected chi connectivity index (χ1v) is 7.66. The highest BCUT2D eigenvalue weighted by Gasteiger charge is 2.15. The lowest BCUT2D eigenvalue weighted by Crippen LogP contribution is -2.21. The van der Waals surface area contributed by atoms with E-state index in [1.165, 1.54) is 4.80 Å². The van der Waals surface area contributed by atoms with Gasteiger partial charge in [-0.25, -0.2) is 0 Å². The molecule has 1 amide bonds. The Hall–Kier alpha value is -2.74. The average molecular weight is 346 g/mol. The first-order chi connectivity index (χ1) is 11.5. The van der Waals surface area contributed by atoms with Crippen LogP contribution < -0.4 is 5.32 Å². The first-order valence-electron chi connectivity index (χ1n) is 7.28. The van der Waals surface area contributed by atoms with E-state index in [0.717, 1.165) is 11.4 Å². The van der Waals surface area contributed by atoms with Gasteiger partial charge in [-0.15, -0.1) is 10.2 Å². The fraction of sp³-hybridized carbons (Fsp3) is 0.267. The predicted octanol–water partition coefficient (Wildman–Crippen LogP) is 1.98. The monoisotopic (exact) mass is 345 g/mol.